The molecule has 0 radical (unpaired) electrons. The summed E-state index contributed by atoms with van der Waals surface area (Å²) >= 11 is 0. The van der Waals surface area contributed by atoms with Crippen LogP contribution in [-0.4, -0.2) is 17.9 Å². The zero-order chi connectivity index (χ0) is 10.6. The van der Waals surface area contributed by atoms with Gasteiger partial charge in [-0.15, -0.1) is 0 Å². The number of aliphatic imine (C=N–C) groups is 1. The molecule has 0 saturated heterocycles. The lowest BCUT2D eigenvalue weighted by molar-refractivity contribution is 0.475. The van der Waals surface area contributed by atoms with Gasteiger partial charge in [0.1, 0.15) is 5.75 Å². The maximum Gasteiger partial charge on any atom is 0.116 e. The third kappa shape index (κ3) is 2.22. The van der Waals surface area contributed by atoms with E-state index in [9.17, 15) is 5.11 Å². The molecule has 1 N–H and O–H groups in total. The minimum atomic E-state index is 0.274. The van der Waals surface area contributed by atoms with Crippen molar-refractivity contribution in [1.29, 1.82) is 0 Å². The second-order valence-electron chi connectivity index (χ2n) is 3.11. The maximum absolute atomic E-state index is 9.37. The van der Waals surface area contributed by atoms with E-state index < -0.39 is 0 Å². The van der Waals surface area contributed by atoms with E-state index in [0.717, 1.165) is 16.8 Å². The van der Waals surface area contributed by atoms with Crippen molar-refractivity contribution >= 4 is 5.71 Å². The molecule has 1 aromatic rings. The largest absolute Gasteiger partial charge is 0.508 e. The van der Waals surface area contributed by atoms with Crippen molar-refractivity contribution in [2.75, 3.05) is 7.05 Å². The van der Waals surface area contributed by atoms with Gasteiger partial charge in [0, 0.05) is 12.6 Å². The van der Waals surface area contributed by atoms with Gasteiger partial charge in [0.05, 0.1) is 5.71 Å². The molecule has 0 spiro atoms. The van der Waals surface area contributed by atoms with Crippen LogP contribution < -0.4 is 0 Å². The molecule has 0 bridgehead atoms. The van der Waals surface area contributed by atoms with Crippen LogP contribution in [0, 0.1) is 6.92 Å². The number of hydrogen-bond donors (Lipinski definition) is 1. The Labute approximate surface area is 84.6 Å². The van der Waals surface area contributed by atoms with Gasteiger partial charge in [0.15, 0.2) is 0 Å². The van der Waals surface area contributed by atoms with Crippen LogP contribution in [0.15, 0.2) is 35.3 Å². The van der Waals surface area contributed by atoms with Gasteiger partial charge in [0.25, 0.3) is 0 Å². The number of hydrogen-bond acceptors (Lipinski definition) is 2. The number of aryl methyl sites for hydroxylation is 1. The molecule has 0 aromatic heterocycles. The van der Waals surface area contributed by atoms with Crippen molar-refractivity contribution in [3.05, 3.63) is 41.5 Å². The molecule has 0 heterocycles. The van der Waals surface area contributed by atoms with Gasteiger partial charge in [-0.2, -0.15) is 0 Å². The standard InChI is InChI=1S/C12H15NO/c1-4-5-12(13-3)11-8-10(14)7-6-9(11)2/h4-8,14H,1-3H3/b5-4-,13-12?. The zero-order valence-corrected chi connectivity index (χ0v) is 8.78. The van der Waals surface area contributed by atoms with Gasteiger partial charge < -0.3 is 5.11 Å². The van der Waals surface area contributed by atoms with E-state index in [4.69, 9.17) is 0 Å². The molecule has 0 aliphatic heterocycles. The quantitative estimate of drug-likeness (QED) is 0.713. The highest BCUT2D eigenvalue weighted by Crippen LogP contribution is 2.17. The van der Waals surface area contributed by atoms with Crippen LogP contribution in [0.1, 0.15) is 18.1 Å². The van der Waals surface area contributed by atoms with Crippen molar-refractivity contribution < 1.29 is 5.11 Å². The van der Waals surface area contributed by atoms with Crippen LogP contribution in [0.25, 0.3) is 0 Å². The summed E-state index contributed by atoms with van der Waals surface area (Å²) < 4.78 is 0. The Morgan fingerprint density at radius 2 is 2.14 bits per heavy atom. The van der Waals surface area contributed by atoms with Gasteiger partial charge >= 0.3 is 0 Å². The average Bonchev–Trinajstić information content (AvgIpc) is 2.18. The van der Waals surface area contributed by atoms with Crippen LogP contribution in [0.5, 0.6) is 5.75 Å². The van der Waals surface area contributed by atoms with Gasteiger partial charge in [-0.05, 0) is 37.6 Å². The summed E-state index contributed by atoms with van der Waals surface area (Å²) in [6.45, 7) is 3.95. The molecule has 14 heavy (non-hydrogen) atoms. The molecule has 0 aliphatic carbocycles. The lowest BCUT2D eigenvalue weighted by Gasteiger charge is -2.05. The highest BCUT2D eigenvalue weighted by atomic mass is 16.3. The van der Waals surface area contributed by atoms with Crippen molar-refractivity contribution in [3.8, 4) is 5.75 Å². The van der Waals surface area contributed by atoms with E-state index in [0.29, 0.717) is 0 Å². The Bertz CT molecular complexity index is 378. The molecule has 1 rings (SSSR count). The number of allylic oxidation sites excluding steroid dienone is 2. The molecule has 1 aromatic carbocycles. The van der Waals surface area contributed by atoms with Crippen LogP contribution >= 0.6 is 0 Å². The Hall–Kier alpha value is -1.57. The molecular formula is C12H15NO. The van der Waals surface area contributed by atoms with E-state index in [2.05, 4.69) is 4.99 Å². The molecule has 0 aliphatic rings. The number of phenolic OH excluding ortho intramolecular Hbond substituents is 1. The van der Waals surface area contributed by atoms with Gasteiger partial charge in [0.2, 0.25) is 0 Å². The van der Waals surface area contributed by atoms with Gasteiger partial charge in [-0.3, -0.25) is 4.99 Å². The third-order valence-corrected chi connectivity index (χ3v) is 2.06. The first-order chi connectivity index (χ1) is 6.69. The third-order valence-electron chi connectivity index (χ3n) is 2.06. The summed E-state index contributed by atoms with van der Waals surface area (Å²) in [5.41, 5.74) is 2.98. The SMILES string of the molecule is C/C=C\C(=NC)c1cc(O)ccc1C. The highest BCUT2D eigenvalue weighted by Gasteiger charge is 2.03. The molecule has 0 amide bonds. The monoisotopic (exact) mass is 189 g/mol. The molecular weight excluding hydrogens is 174 g/mol. The molecule has 2 heteroatoms. The molecule has 0 atom stereocenters. The molecule has 74 valence electrons. The first kappa shape index (κ1) is 10.5. The summed E-state index contributed by atoms with van der Waals surface area (Å²) in [4.78, 5) is 4.17. The van der Waals surface area contributed by atoms with Crippen LogP contribution in [0.3, 0.4) is 0 Å². The molecule has 0 unspecified atom stereocenters. The van der Waals surface area contributed by atoms with E-state index in [1.165, 1.54) is 0 Å². The summed E-state index contributed by atoms with van der Waals surface area (Å²) in [6.07, 6.45) is 3.87. The van der Waals surface area contributed by atoms with Gasteiger partial charge in [-0.1, -0.05) is 12.1 Å². The van der Waals surface area contributed by atoms with Crippen molar-refractivity contribution in [2.24, 2.45) is 4.99 Å². The summed E-state index contributed by atoms with van der Waals surface area (Å²) in [5.74, 6) is 0.274. The lowest BCUT2D eigenvalue weighted by Crippen LogP contribution is -1.99. The predicted octanol–water partition coefficient (Wildman–Crippen LogP) is 2.70. The number of benzene rings is 1. The topological polar surface area (TPSA) is 32.6 Å². The molecule has 2 nitrogen and oxygen atoms in total. The molecule has 0 saturated carbocycles. The van der Waals surface area contributed by atoms with Crippen LogP contribution in [-0.2, 0) is 0 Å². The number of rotatable bonds is 2. The fourth-order valence-corrected chi connectivity index (χ4v) is 1.33. The van der Waals surface area contributed by atoms with Crippen molar-refractivity contribution in [2.45, 2.75) is 13.8 Å². The molecule has 0 fully saturated rings. The summed E-state index contributed by atoms with van der Waals surface area (Å²) in [6, 6.07) is 5.30. The first-order valence-electron chi connectivity index (χ1n) is 4.58. The van der Waals surface area contributed by atoms with E-state index >= 15 is 0 Å². The number of phenols is 1. The number of nitrogens with zero attached hydrogens (tertiary/aromatic N) is 1. The van der Waals surface area contributed by atoms with E-state index in [-0.39, 0.29) is 5.75 Å². The van der Waals surface area contributed by atoms with Crippen LogP contribution in [0.2, 0.25) is 0 Å². The van der Waals surface area contributed by atoms with E-state index in [1.54, 1.807) is 19.2 Å². The number of aromatic hydroxyl groups is 1. The van der Waals surface area contributed by atoms with Crippen molar-refractivity contribution in [1.82, 2.24) is 0 Å². The average molecular weight is 189 g/mol. The minimum Gasteiger partial charge on any atom is -0.508 e. The minimum absolute atomic E-state index is 0.274. The normalized spacial score (nSPS) is 12.4. The maximum atomic E-state index is 9.37. The first-order valence-corrected chi connectivity index (χ1v) is 4.58. The second-order valence-corrected chi connectivity index (χ2v) is 3.11. The second kappa shape index (κ2) is 4.61. The van der Waals surface area contributed by atoms with Gasteiger partial charge in [-0.25, -0.2) is 0 Å². The predicted molar refractivity (Wildman–Crippen MR) is 60.1 cm³/mol. The van der Waals surface area contributed by atoms with E-state index in [1.807, 2.05) is 32.1 Å². The highest BCUT2D eigenvalue weighted by molar-refractivity contribution is 6.09. The fraction of sp³-hybridized carbons (Fsp3) is 0.250. The fourth-order valence-electron chi connectivity index (χ4n) is 1.33. The lowest BCUT2D eigenvalue weighted by atomic mass is 10.0. The Morgan fingerprint density at radius 1 is 1.43 bits per heavy atom. The van der Waals surface area contributed by atoms with Crippen LogP contribution in [0.4, 0.5) is 0 Å². The smallest absolute Gasteiger partial charge is 0.116 e. The summed E-state index contributed by atoms with van der Waals surface area (Å²) in [5, 5.41) is 9.37. The summed E-state index contributed by atoms with van der Waals surface area (Å²) in [7, 11) is 1.75. The Morgan fingerprint density at radius 3 is 2.71 bits per heavy atom. The van der Waals surface area contributed by atoms with Crippen molar-refractivity contribution in [3.63, 3.8) is 0 Å². The zero-order valence-electron chi connectivity index (χ0n) is 8.78. The Balaban J connectivity index is 3.22. The Kier molecular flexibility index (Phi) is 3.46.